The van der Waals surface area contributed by atoms with Crippen LogP contribution in [0.15, 0.2) is 66.0 Å². The maximum Gasteiger partial charge on any atom is 0.237 e. The molecule has 4 aromatic rings. The third kappa shape index (κ3) is 4.73. The van der Waals surface area contributed by atoms with Gasteiger partial charge in [0.2, 0.25) is 5.91 Å². The number of fused-ring (bicyclic) bond motifs is 1. The maximum atomic E-state index is 13.0. The molecule has 7 heteroatoms. The van der Waals surface area contributed by atoms with Crippen molar-refractivity contribution >= 4 is 34.4 Å². The second kappa shape index (κ2) is 10.1. The topological polar surface area (TPSA) is 60.2 Å². The third-order valence-corrected chi connectivity index (χ3v) is 6.65. The molecule has 0 fully saturated rings. The van der Waals surface area contributed by atoms with E-state index in [-0.39, 0.29) is 5.91 Å². The molecule has 6 nitrogen and oxygen atoms in total. The molecule has 1 amide bonds. The molecule has 2 aromatic heterocycles. The zero-order chi connectivity index (χ0) is 23.4. The van der Waals surface area contributed by atoms with E-state index in [0.29, 0.717) is 18.8 Å². The number of hydrogen-bond donors (Lipinski definition) is 0. The van der Waals surface area contributed by atoms with Crippen LogP contribution in [0.1, 0.15) is 23.7 Å². The normalized spacial score (nSPS) is 11.0. The van der Waals surface area contributed by atoms with Gasteiger partial charge in [-0.1, -0.05) is 42.1 Å². The molecule has 170 valence electrons. The number of methoxy groups -OCH3 is 1. The number of thioether (sulfide) groups is 1. The summed E-state index contributed by atoms with van der Waals surface area (Å²) in [6.07, 6.45) is 1.84. The van der Waals surface area contributed by atoms with Crippen LogP contribution in [-0.2, 0) is 11.3 Å². The van der Waals surface area contributed by atoms with Crippen LogP contribution in [-0.4, -0.2) is 39.8 Å². The van der Waals surface area contributed by atoms with Crippen molar-refractivity contribution in [3.8, 4) is 5.75 Å². The predicted molar refractivity (Wildman–Crippen MR) is 134 cm³/mol. The second-order valence-corrected chi connectivity index (χ2v) is 8.72. The predicted octanol–water partition coefficient (Wildman–Crippen LogP) is 5.25. The van der Waals surface area contributed by atoms with Gasteiger partial charge in [0.25, 0.3) is 0 Å². The quantitative estimate of drug-likeness (QED) is 0.336. The molecule has 0 radical (unpaired) electrons. The first-order valence-electron chi connectivity index (χ1n) is 11.0. The molecule has 0 aliphatic heterocycles. The Balaban J connectivity index is 1.63. The van der Waals surface area contributed by atoms with Crippen LogP contribution in [0.5, 0.6) is 5.75 Å². The summed E-state index contributed by atoms with van der Waals surface area (Å²) < 4.78 is 7.73. The highest BCUT2D eigenvalue weighted by Gasteiger charge is 2.19. The first-order chi connectivity index (χ1) is 16.0. The Morgan fingerprint density at radius 2 is 1.82 bits per heavy atom. The van der Waals surface area contributed by atoms with Crippen molar-refractivity contribution in [2.75, 3.05) is 24.3 Å². The van der Waals surface area contributed by atoms with E-state index < -0.39 is 0 Å². The van der Waals surface area contributed by atoms with Crippen molar-refractivity contribution in [1.82, 2.24) is 14.5 Å². The summed E-state index contributed by atoms with van der Waals surface area (Å²) in [4.78, 5) is 24.3. The van der Waals surface area contributed by atoms with Crippen LogP contribution in [0.4, 0.5) is 5.69 Å². The molecule has 4 rings (SSSR count). The largest absolute Gasteiger partial charge is 0.496 e. The lowest BCUT2D eigenvalue weighted by Crippen LogP contribution is -2.32. The lowest BCUT2D eigenvalue weighted by atomic mass is 10.1. The van der Waals surface area contributed by atoms with Gasteiger partial charge in [0, 0.05) is 29.6 Å². The van der Waals surface area contributed by atoms with Gasteiger partial charge in [-0.15, -0.1) is 0 Å². The average Bonchev–Trinajstić information content (AvgIpc) is 3.18. The summed E-state index contributed by atoms with van der Waals surface area (Å²) in [5, 5.41) is 0.800. The molecule has 0 aliphatic rings. The molecule has 2 aromatic carbocycles. The lowest BCUT2D eigenvalue weighted by Gasteiger charge is -2.21. The number of carbonyl (C=O) groups is 1. The minimum Gasteiger partial charge on any atom is -0.496 e. The summed E-state index contributed by atoms with van der Waals surface area (Å²) >= 11 is 1.46. The van der Waals surface area contributed by atoms with Gasteiger partial charge in [0.15, 0.2) is 5.16 Å². The van der Waals surface area contributed by atoms with Gasteiger partial charge in [0.1, 0.15) is 5.75 Å². The molecule has 0 unspecified atom stereocenters. The average molecular weight is 461 g/mol. The van der Waals surface area contributed by atoms with E-state index in [1.807, 2.05) is 75.5 Å². The smallest absolute Gasteiger partial charge is 0.237 e. The summed E-state index contributed by atoms with van der Waals surface area (Å²) in [6.45, 7) is 7.18. The molecule has 0 saturated carbocycles. The van der Waals surface area contributed by atoms with Crippen LogP contribution in [0.2, 0.25) is 0 Å². The highest BCUT2D eigenvalue weighted by Crippen LogP contribution is 2.29. The maximum absolute atomic E-state index is 13.0. The molecule has 2 heterocycles. The van der Waals surface area contributed by atoms with Crippen LogP contribution in [0.3, 0.4) is 0 Å². The van der Waals surface area contributed by atoms with Crippen LogP contribution >= 0.6 is 11.8 Å². The van der Waals surface area contributed by atoms with E-state index in [1.54, 1.807) is 12.0 Å². The van der Waals surface area contributed by atoms with Gasteiger partial charge in [0.05, 0.1) is 36.1 Å². The zero-order valence-corrected chi connectivity index (χ0v) is 20.2. The lowest BCUT2D eigenvalue weighted by molar-refractivity contribution is -0.116. The molecule has 0 atom stereocenters. The number of pyridine rings is 1. The molecule has 0 saturated heterocycles. The first kappa shape index (κ1) is 22.9. The van der Waals surface area contributed by atoms with E-state index in [9.17, 15) is 4.79 Å². The SMILES string of the molecule is CCN(C(=O)CSc1nc2ccccc2n1Cc1ncc(C)c(OC)c1C)c1ccccc1. The molecule has 0 bridgehead atoms. The summed E-state index contributed by atoms with van der Waals surface area (Å²) in [5.74, 6) is 1.21. The third-order valence-electron chi connectivity index (χ3n) is 5.69. The number of para-hydroxylation sites is 3. The Morgan fingerprint density at radius 3 is 2.55 bits per heavy atom. The van der Waals surface area contributed by atoms with E-state index in [4.69, 9.17) is 9.72 Å². The van der Waals surface area contributed by atoms with Crippen molar-refractivity contribution < 1.29 is 9.53 Å². The summed E-state index contributed by atoms with van der Waals surface area (Å²) in [7, 11) is 1.69. The van der Waals surface area contributed by atoms with Crippen molar-refractivity contribution in [3.05, 3.63) is 77.6 Å². The van der Waals surface area contributed by atoms with Gasteiger partial charge in [-0.3, -0.25) is 9.78 Å². The number of carbonyl (C=O) groups excluding carboxylic acids is 1. The molecule has 0 spiro atoms. The monoisotopic (exact) mass is 460 g/mol. The Morgan fingerprint density at radius 1 is 1.09 bits per heavy atom. The number of benzene rings is 2. The van der Waals surface area contributed by atoms with Gasteiger partial charge < -0.3 is 14.2 Å². The minimum absolute atomic E-state index is 0.0543. The number of nitrogens with zero attached hydrogens (tertiary/aromatic N) is 4. The number of hydrogen-bond acceptors (Lipinski definition) is 5. The van der Waals surface area contributed by atoms with Gasteiger partial charge in [-0.2, -0.15) is 0 Å². The molecule has 0 N–H and O–H groups in total. The van der Waals surface area contributed by atoms with E-state index in [2.05, 4.69) is 15.6 Å². The van der Waals surface area contributed by atoms with Gasteiger partial charge >= 0.3 is 0 Å². The van der Waals surface area contributed by atoms with Crippen LogP contribution in [0.25, 0.3) is 11.0 Å². The minimum atomic E-state index is 0.0543. The highest BCUT2D eigenvalue weighted by molar-refractivity contribution is 7.99. The molecular weight excluding hydrogens is 432 g/mol. The zero-order valence-electron chi connectivity index (χ0n) is 19.4. The first-order valence-corrected chi connectivity index (χ1v) is 11.9. The van der Waals surface area contributed by atoms with Crippen molar-refractivity contribution in [3.63, 3.8) is 0 Å². The van der Waals surface area contributed by atoms with Crippen LogP contribution < -0.4 is 9.64 Å². The second-order valence-electron chi connectivity index (χ2n) is 7.78. The Hall–Kier alpha value is -3.32. The van der Waals surface area contributed by atoms with Crippen molar-refractivity contribution in [1.29, 1.82) is 0 Å². The van der Waals surface area contributed by atoms with Crippen molar-refractivity contribution in [2.45, 2.75) is 32.5 Å². The fourth-order valence-electron chi connectivity index (χ4n) is 4.01. The molecule has 33 heavy (non-hydrogen) atoms. The number of amides is 1. The van der Waals surface area contributed by atoms with Gasteiger partial charge in [-0.05, 0) is 45.0 Å². The van der Waals surface area contributed by atoms with E-state index in [1.165, 1.54) is 11.8 Å². The fraction of sp³-hybridized carbons (Fsp3) is 0.269. The highest BCUT2D eigenvalue weighted by atomic mass is 32.2. The van der Waals surface area contributed by atoms with E-state index >= 15 is 0 Å². The Labute approximate surface area is 198 Å². The number of imidazole rings is 1. The Bertz CT molecular complexity index is 1270. The van der Waals surface area contributed by atoms with Gasteiger partial charge in [-0.25, -0.2) is 4.98 Å². The Kier molecular flexibility index (Phi) is 6.99. The number of aryl methyl sites for hydroxylation is 1. The fourth-order valence-corrected chi connectivity index (χ4v) is 4.90. The van der Waals surface area contributed by atoms with E-state index in [0.717, 1.165) is 44.4 Å². The summed E-state index contributed by atoms with van der Waals surface area (Å²) in [5.41, 5.74) is 5.78. The molecular formula is C26H28N4O2S. The van der Waals surface area contributed by atoms with Crippen molar-refractivity contribution in [2.24, 2.45) is 0 Å². The number of rotatable bonds is 8. The summed E-state index contributed by atoms with van der Waals surface area (Å²) in [6, 6.07) is 17.8. The number of anilines is 1. The van der Waals surface area contributed by atoms with Crippen LogP contribution in [0, 0.1) is 13.8 Å². The molecule has 0 aliphatic carbocycles. The standard InChI is InChI=1S/C26H28N4O2S/c1-5-29(20-11-7-6-8-12-20)24(31)17-33-26-28-21-13-9-10-14-23(21)30(26)16-22-19(3)25(32-4)18(2)15-27-22/h6-15H,5,16-17H2,1-4H3. The number of ether oxygens (including phenoxy) is 1. The number of aromatic nitrogens is 3.